The van der Waals surface area contributed by atoms with Crippen LogP contribution in [0.3, 0.4) is 0 Å². The van der Waals surface area contributed by atoms with E-state index in [9.17, 15) is 8.78 Å². The van der Waals surface area contributed by atoms with Gasteiger partial charge in [-0.15, -0.1) is 6.58 Å². The summed E-state index contributed by atoms with van der Waals surface area (Å²) < 4.78 is 27.3. The molecule has 15 heavy (non-hydrogen) atoms. The van der Waals surface area contributed by atoms with Gasteiger partial charge in [0.2, 0.25) is 0 Å². The first-order chi connectivity index (χ1) is 7.04. The second-order valence-corrected chi connectivity index (χ2v) is 4.62. The lowest BCUT2D eigenvalue weighted by Crippen LogP contribution is -2.53. The summed E-state index contributed by atoms with van der Waals surface area (Å²) in [4.78, 5) is 1.95. The van der Waals surface area contributed by atoms with Crippen LogP contribution in [0.5, 0.6) is 0 Å². The Morgan fingerprint density at radius 1 is 1.67 bits per heavy atom. The maximum atomic E-state index is 13.7. The van der Waals surface area contributed by atoms with Crippen molar-refractivity contribution < 1.29 is 8.78 Å². The minimum atomic E-state index is -2.65. The molecule has 2 heterocycles. The Hall–Kier alpha value is -0.480. The third-order valence-corrected chi connectivity index (χ3v) is 3.62. The van der Waals surface area contributed by atoms with E-state index in [0.717, 1.165) is 19.5 Å². The van der Waals surface area contributed by atoms with Gasteiger partial charge in [0.05, 0.1) is 6.04 Å². The van der Waals surface area contributed by atoms with Crippen LogP contribution in [0.15, 0.2) is 12.7 Å². The van der Waals surface area contributed by atoms with Gasteiger partial charge in [-0.25, -0.2) is 8.78 Å². The zero-order chi connectivity index (χ0) is 11.1. The highest BCUT2D eigenvalue weighted by atomic mass is 19.3. The van der Waals surface area contributed by atoms with Crippen LogP contribution in [0, 0.1) is 0 Å². The van der Waals surface area contributed by atoms with E-state index < -0.39 is 12.0 Å². The first kappa shape index (κ1) is 11.0. The predicted molar refractivity (Wildman–Crippen MR) is 56.1 cm³/mol. The molecule has 0 amide bonds. The van der Waals surface area contributed by atoms with Crippen LogP contribution in [0.2, 0.25) is 0 Å². The van der Waals surface area contributed by atoms with Crippen LogP contribution < -0.4 is 5.32 Å². The number of rotatable bonds is 4. The van der Waals surface area contributed by atoms with Crippen molar-refractivity contribution in [3.05, 3.63) is 12.7 Å². The van der Waals surface area contributed by atoms with Crippen molar-refractivity contribution in [1.29, 1.82) is 0 Å². The number of hydrogen-bond acceptors (Lipinski definition) is 2. The third-order valence-electron chi connectivity index (χ3n) is 3.62. The standard InChI is InChI=1S/C11H18F2N2/c1-3-4-11(12,13)8(2)15-7-9-5-10(15)6-14-9/h3,8-10,14H,1,4-7H2,2H3. The molecule has 0 spiro atoms. The number of allylic oxidation sites excluding steroid dienone is 1. The van der Waals surface area contributed by atoms with Crippen molar-refractivity contribution in [2.45, 2.75) is 43.8 Å². The van der Waals surface area contributed by atoms with E-state index >= 15 is 0 Å². The van der Waals surface area contributed by atoms with E-state index in [4.69, 9.17) is 0 Å². The Kier molecular flexibility index (Phi) is 2.81. The molecular weight excluding hydrogens is 198 g/mol. The molecule has 86 valence electrons. The average Bonchev–Trinajstić information content (AvgIpc) is 2.77. The van der Waals surface area contributed by atoms with Crippen molar-refractivity contribution in [1.82, 2.24) is 10.2 Å². The molecule has 2 saturated heterocycles. The summed E-state index contributed by atoms with van der Waals surface area (Å²) in [5.41, 5.74) is 0. The molecule has 2 aliphatic heterocycles. The highest BCUT2D eigenvalue weighted by Gasteiger charge is 2.47. The number of piperazine rings is 1. The molecule has 0 radical (unpaired) electrons. The zero-order valence-electron chi connectivity index (χ0n) is 9.05. The highest BCUT2D eigenvalue weighted by molar-refractivity contribution is 5.02. The van der Waals surface area contributed by atoms with Crippen LogP contribution in [-0.2, 0) is 0 Å². The topological polar surface area (TPSA) is 15.3 Å². The molecule has 4 heteroatoms. The summed E-state index contributed by atoms with van der Waals surface area (Å²) in [6.45, 7) is 6.64. The number of nitrogens with one attached hydrogen (secondary N) is 1. The number of halogens is 2. The van der Waals surface area contributed by atoms with Crippen LogP contribution >= 0.6 is 0 Å². The van der Waals surface area contributed by atoms with E-state index in [-0.39, 0.29) is 6.42 Å². The van der Waals surface area contributed by atoms with Gasteiger partial charge in [0, 0.05) is 31.6 Å². The van der Waals surface area contributed by atoms with Gasteiger partial charge >= 0.3 is 0 Å². The van der Waals surface area contributed by atoms with Gasteiger partial charge in [-0.2, -0.15) is 0 Å². The molecule has 0 aliphatic carbocycles. The van der Waals surface area contributed by atoms with Gasteiger partial charge in [0.25, 0.3) is 5.92 Å². The lowest BCUT2D eigenvalue weighted by molar-refractivity contribution is -0.0783. The number of nitrogens with zero attached hydrogens (tertiary/aromatic N) is 1. The summed E-state index contributed by atoms with van der Waals surface area (Å²) in [6, 6.07) is 0.0604. The van der Waals surface area contributed by atoms with E-state index in [2.05, 4.69) is 11.9 Å². The van der Waals surface area contributed by atoms with E-state index in [1.165, 1.54) is 6.08 Å². The average molecular weight is 216 g/mol. The van der Waals surface area contributed by atoms with Crippen LogP contribution in [-0.4, -0.2) is 42.0 Å². The summed E-state index contributed by atoms with van der Waals surface area (Å²) in [6.07, 6.45) is 2.10. The SMILES string of the molecule is C=CCC(F)(F)C(C)N1CC2CC1CN2. The quantitative estimate of drug-likeness (QED) is 0.719. The van der Waals surface area contributed by atoms with Gasteiger partial charge in [0.1, 0.15) is 0 Å². The molecule has 0 aromatic rings. The predicted octanol–water partition coefficient (Wildman–Crippen LogP) is 1.63. The van der Waals surface area contributed by atoms with Gasteiger partial charge in [-0.3, -0.25) is 4.90 Å². The highest BCUT2D eigenvalue weighted by Crippen LogP contribution is 2.33. The number of fused-ring (bicyclic) bond motifs is 2. The van der Waals surface area contributed by atoms with Crippen LogP contribution in [0.1, 0.15) is 19.8 Å². The maximum absolute atomic E-state index is 13.7. The first-order valence-corrected chi connectivity index (χ1v) is 5.52. The van der Waals surface area contributed by atoms with E-state index in [1.807, 2.05) is 4.90 Å². The molecule has 0 saturated carbocycles. The number of hydrogen-bond donors (Lipinski definition) is 1. The second-order valence-electron chi connectivity index (χ2n) is 4.62. The van der Waals surface area contributed by atoms with Crippen molar-refractivity contribution >= 4 is 0 Å². The summed E-state index contributed by atoms with van der Waals surface area (Å²) >= 11 is 0. The number of alkyl halides is 2. The second kappa shape index (κ2) is 3.83. The fourth-order valence-corrected chi connectivity index (χ4v) is 2.67. The minimum absolute atomic E-state index is 0.227. The van der Waals surface area contributed by atoms with Crippen LogP contribution in [0.25, 0.3) is 0 Å². The Morgan fingerprint density at radius 2 is 2.40 bits per heavy atom. The van der Waals surface area contributed by atoms with Gasteiger partial charge in [-0.05, 0) is 13.3 Å². The normalized spacial score (nSPS) is 33.3. The first-order valence-electron chi connectivity index (χ1n) is 5.52. The fraction of sp³-hybridized carbons (Fsp3) is 0.818. The monoisotopic (exact) mass is 216 g/mol. The molecular formula is C11H18F2N2. The van der Waals surface area contributed by atoms with Gasteiger partial charge in [0.15, 0.2) is 0 Å². The summed E-state index contributed by atoms with van der Waals surface area (Å²) in [5, 5.41) is 3.32. The summed E-state index contributed by atoms with van der Waals surface area (Å²) in [5.74, 6) is -2.65. The minimum Gasteiger partial charge on any atom is -0.311 e. The molecule has 0 aromatic heterocycles. The molecule has 0 aromatic carbocycles. The third kappa shape index (κ3) is 1.93. The molecule has 2 rings (SSSR count). The molecule has 2 fully saturated rings. The largest absolute Gasteiger partial charge is 0.311 e. The Bertz CT molecular complexity index is 255. The lowest BCUT2D eigenvalue weighted by atomic mass is 10.1. The Morgan fingerprint density at radius 3 is 2.87 bits per heavy atom. The lowest BCUT2D eigenvalue weighted by Gasteiger charge is -2.37. The molecule has 3 unspecified atom stereocenters. The molecule has 3 atom stereocenters. The van der Waals surface area contributed by atoms with Crippen molar-refractivity contribution in [3.63, 3.8) is 0 Å². The Labute approximate surface area is 89.3 Å². The van der Waals surface area contributed by atoms with E-state index in [0.29, 0.717) is 12.1 Å². The van der Waals surface area contributed by atoms with Crippen molar-refractivity contribution in [2.24, 2.45) is 0 Å². The maximum Gasteiger partial charge on any atom is 0.266 e. The van der Waals surface area contributed by atoms with E-state index in [1.54, 1.807) is 6.92 Å². The molecule has 2 nitrogen and oxygen atoms in total. The number of likely N-dealkylation sites (tertiary alicyclic amines) is 1. The summed E-state index contributed by atoms with van der Waals surface area (Å²) in [7, 11) is 0. The molecule has 2 bridgehead atoms. The zero-order valence-corrected chi connectivity index (χ0v) is 9.05. The van der Waals surface area contributed by atoms with Gasteiger partial charge < -0.3 is 5.32 Å². The van der Waals surface area contributed by atoms with Gasteiger partial charge in [-0.1, -0.05) is 6.08 Å². The van der Waals surface area contributed by atoms with Crippen molar-refractivity contribution in [3.8, 4) is 0 Å². The van der Waals surface area contributed by atoms with Crippen molar-refractivity contribution in [2.75, 3.05) is 13.1 Å². The fourth-order valence-electron chi connectivity index (χ4n) is 2.67. The Balaban J connectivity index is 2.01. The smallest absolute Gasteiger partial charge is 0.266 e. The molecule has 2 aliphatic rings. The molecule has 1 N–H and O–H groups in total. The van der Waals surface area contributed by atoms with Crippen LogP contribution in [0.4, 0.5) is 8.78 Å².